The highest BCUT2D eigenvalue weighted by Gasteiger charge is 2.37. The lowest BCUT2D eigenvalue weighted by Crippen LogP contribution is -2.39. The van der Waals surface area contributed by atoms with Gasteiger partial charge in [0.05, 0.1) is 10.5 Å². The van der Waals surface area contributed by atoms with Crippen molar-refractivity contribution in [3.8, 4) is 0 Å². The first-order chi connectivity index (χ1) is 9.50. The summed E-state index contributed by atoms with van der Waals surface area (Å²) in [6, 6.07) is 2.95. The summed E-state index contributed by atoms with van der Waals surface area (Å²) in [5, 5.41) is 0. The Morgan fingerprint density at radius 2 is 1.95 bits per heavy atom. The zero-order valence-electron chi connectivity index (χ0n) is 10.8. The molecule has 1 aromatic rings. The van der Waals surface area contributed by atoms with E-state index in [0.29, 0.717) is 0 Å². The molecule has 0 fully saturated rings. The van der Waals surface area contributed by atoms with E-state index in [1.165, 1.54) is 6.92 Å². The van der Waals surface area contributed by atoms with Crippen LogP contribution in [0.5, 0.6) is 0 Å². The molecule has 0 aliphatic rings. The van der Waals surface area contributed by atoms with Crippen molar-refractivity contribution in [2.45, 2.75) is 18.0 Å². The van der Waals surface area contributed by atoms with Gasteiger partial charge < -0.3 is 5.73 Å². The van der Waals surface area contributed by atoms with Gasteiger partial charge in [0.2, 0.25) is 10.0 Å². The third-order valence-electron chi connectivity index (χ3n) is 2.55. The predicted octanol–water partition coefficient (Wildman–Crippen LogP) is 2.03. The Labute approximate surface area is 124 Å². The van der Waals surface area contributed by atoms with E-state index in [0.717, 1.165) is 18.2 Å². The monoisotopic (exact) mass is 344 g/mol. The van der Waals surface area contributed by atoms with E-state index >= 15 is 0 Å². The molecule has 0 atom stereocenters. The van der Waals surface area contributed by atoms with Crippen LogP contribution in [-0.2, 0) is 10.0 Å². The smallest absolute Gasteiger partial charge is 0.389 e. The van der Waals surface area contributed by atoms with Crippen LogP contribution in [0, 0.1) is 5.82 Å². The summed E-state index contributed by atoms with van der Waals surface area (Å²) in [7, 11) is -4.58. The normalized spacial score (nSPS) is 12.7. The van der Waals surface area contributed by atoms with Gasteiger partial charge >= 0.3 is 6.18 Å². The van der Waals surface area contributed by atoms with Gasteiger partial charge in [-0.15, -0.1) is 0 Å². The summed E-state index contributed by atoms with van der Waals surface area (Å²) < 4.78 is 75.7. The molecular weight excluding hydrogens is 332 g/mol. The molecule has 0 bridgehead atoms. The zero-order chi connectivity index (χ0) is 16.4. The van der Waals surface area contributed by atoms with Crippen molar-refractivity contribution in [2.24, 2.45) is 5.73 Å². The largest absolute Gasteiger partial charge is 0.402 e. The highest BCUT2D eigenvalue weighted by atomic mass is 32.2. The third-order valence-corrected chi connectivity index (χ3v) is 4.72. The Hall–Kier alpha value is -1.26. The van der Waals surface area contributed by atoms with Gasteiger partial charge in [0.1, 0.15) is 17.4 Å². The number of halogens is 4. The predicted molar refractivity (Wildman–Crippen MR) is 72.8 cm³/mol. The molecule has 0 spiro atoms. The van der Waals surface area contributed by atoms with Crippen LogP contribution in [0.2, 0.25) is 0 Å². The van der Waals surface area contributed by atoms with Gasteiger partial charge in [-0.25, -0.2) is 12.8 Å². The number of hydrogen-bond donors (Lipinski definition) is 1. The SMILES string of the molecule is CCN(CC(F)(F)F)S(=O)(=O)c1cccc(F)c1C(N)=S. The number of nitrogens with two attached hydrogens (primary N) is 1. The summed E-state index contributed by atoms with van der Waals surface area (Å²) in [4.78, 5) is -1.23. The summed E-state index contributed by atoms with van der Waals surface area (Å²) in [5.41, 5.74) is 4.68. The number of sulfonamides is 1. The van der Waals surface area contributed by atoms with E-state index in [-0.39, 0.29) is 4.31 Å². The van der Waals surface area contributed by atoms with Crippen LogP contribution < -0.4 is 5.73 Å². The van der Waals surface area contributed by atoms with Crippen molar-refractivity contribution in [1.29, 1.82) is 0 Å². The lowest BCUT2D eigenvalue weighted by atomic mass is 10.2. The molecular formula is C11H12F4N2O2S2. The zero-order valence-corrected chi connectivity index (χ0v) is 12.4. The van der Waals surface area contributed by atoms with Crippen LogP contribution in [0.4, 0.5) is 17.6 Å². The van der Waals surface area contributed by atoms with Crippen LogP contribution in [0.25, 0.3) is 0 Å². The molecule has 1 aromatic carbocycles. The van der Waals surface area contributed by atoms with Crippen molar-refractivity contribution >= 4 is 27.2 Å². The molecule has 0 heterocycles. The quantitative estimate of drug-likeness (QED) is 0.656. The lowest BCUT2D eigenvalue weighted by molar-refractivity contribution is -0.135. The molecule has 4 nitrogen and oxygen atoms in total. The van der Waals surface area contributed by atoms with Crippen LogP contribution in [-0.4, -0.2) is 37.0 Å². The fraction of sp³-hybridized carbons (Fsp3) is 0.364. The molecule has 21 heavy (non-hydrogen) atoms. The van der Waals surface area contributed by atoms with Crippen LogP contribution in [0.15, 0.2) is 23.1 Å². The van der Waals surface area contributed by atoms with Gasteiger partial charge in [-0.3, -0.25) is 0 Å². The number of benzene rings is 1. The highest BCUT2D eigenvalue weighted by Crippen LogP contribution is 2.26. The van der Waals surface area contributed by atoms with Crippen molar-refractivity contribution < 1.29 is 26.0 Å². The third kappa shape index (κ3) is 4.11. The molecule has 0 aromatic heterocycles. The van der Waals surface area contributed by atoms with Gasteiger partial charge in [-0.05, 0) is 12.1 Å². The lowest BCUT2D eigenvalue weighted by Gasteiger charge is -2.23. The fourth-order valence-corrected chi connectivity index (χ4v) is 3.59. The second-order valence-corrected chi connectivity index (χ2v) is 6.37. The van der Waals surface area contributed by atoms with E-state index in [4.69, 9.17) is 5.73 Å². The second-order valence-electron chi connectivity index (χ2n) is 4.02. The summed E-state index contributed by atoms with van der Waals surface area (Å²) in [6.45, 7) is -0.878. The van der Waals surface area contributed by atoms with Crippen molar-refractivity contribution in [1.82, 2.24) is 4.31 Å². The van der Waals surface area contributed by atoms with Gasteiger partial charge in [0, 0.05) is 6.54 Å². The molecule has 0 amide bonds. The molecule has 118 valence electrons. The number of hydrogen-bond acceptors (Lipinski definition) is 3. The maximum absolute atomic E-state index is 13.7. The van der Waals surface area contributed by atoms with E-state index < -0.39 is 50.6 Å². The molecule has 2 N–H and O–H groups in total. The fourth-order valence-electron chi connectivity index (χ4n) is 1.66. The first-order valence-corrected chi connectivity index (χ1v) is 7.50. The Morgan fingerprint density at radius 3 is 2.38 bits per heavy atom. The second kappa shape index (κ2) is 6.24. The van der Waals surface area contributed by atoms with E-state index in [2.05, 4.69) is 12.2 Å². The van der Waals surface area contributed by atoms with Crippen molar-refractivity contribution in [3.05, 3.63) is 29.6 Å². The minimum atomic E-state index is -4.72. The van der Waals surface area contributed by atoms with Crippen LogP contribution in [0.1, 0.15) is 12.5 Å². The van der Waals surface area contributed by atoms with E-state index in [1.54, 1.807) is 0 Å². The summed E-state index contributed by atoms with van der Waals surface area (Å²) in [6.07, 6.45) is -4.72. The minimum absolute atomic E-state index is 0.184. The molecule has 1 rings (SSSR count). The molecule has 0 aliphatic carbocycles. The van der Waals surface area contributed by atoms with Gasteiger partial charge in [0.15, 0.2) is 0 Å². The number of nitrogens with zero attached hydrogens (tertiary/aromatic N) is 1. The Balaban J connectivity index is 3.43. The maximum atomic E-state index is 13.7. The average Bonchev–Trinajstić information content (AvgIpc) is 2.33. The molecule has 0 unspecified atom stereocenters. The Morgan fingerprint density at radius 1 is 1.38 bits per heavy atom. The standard InChI is InChI=1S/C11H12F4N2O2S2/c1-2-17(6-11(13,14)15)21(18,19)8-5-3-4-7(12)9(8)10(16)20/h3-5H,2,6H2,1H3,(H2,16,20). The van der Waals surface area contributed by atoms with Crippen LogP contribution >= 0.6 is 12.2 Å². The van der Waals surface area contributed by atoms with Crippen molar-refractivity contribution in [3.63, 3.8) is 0 Å². The minimum Gasteiger partial charge on any atom is -0.389 e. The van der Waals surface area contributed by atoms with Crippen LogP contribution in [0.3, 0.4) is 0 Å². The molecule has 10 heteroatoms. The first-order valence-electron chi connectivity index (χ1n) is 5.66. The first kappa shape index (κ1) is 17.8. The molecule has 0 saturated heterocycles. The summed E-state index contributed by atoms with van der Waals surface area (Å²) >= 11 is 4.57. The number of thiocarbonyl (C=S) groups is 1. The van der Waals surface area contributed by atoms with E-state index in [1.807, 2.05) is 0 Å². The topological polar surface area (TPSA) is 63.4 Å². The van der Waals surface area contributed by atoms with Gasteiger partial charge in [-0.1, -0.05) is 25.2 Å². The van der Waals surface area contributed by atoms with Crippen molar-refractivity contribution in [2.75, 3.05) is 13.1 Å². The number of rotatable bonds is 5. The van der Waals surface area contributed by atoms with Gasteiger partial charge in [0.25, 0.3) is 0 Å². The number of alkyl halides is 3. The summed E-state index contributed by atoms with van der Waals surface area (Å²) in [5.74, 6) is -1.01. The molecule has 0 aliphatic heterocycles. The molecule has 0 saturated carbocycles. The van der Waals surface area contributed by atoms with E-state index in [9.17, 15) is 26.0 Å². The molecule has 0 radical (unpaired) electrons. The maximum Gasteiger partial charge on any atom is 0.402 e. The highest BCUT2D eigenvalue weighted by molar-refractivity contribution is 7.89. The van der Waals surface area contributed by atoms with Gasteiger partial charge in [-0.2, -0.15) is 17.5 Å². The Kier molecular flexibility index (Phi) is 5.29. The average molecular weight is 344 g/mol. The Bertz CT molecular complexity index is 644.